The van der Waals surface area contributed by atoms with Crippen LogP contribution in [-0.2, 0) is 0 Å². The van der Waals surface area contributed by atoms with Crippen molar-refractivity contribution in [3.63, 3.8) is 0 Å². The third-order valence-corrected chi connectivity index (χ3v) is 3.61. The first-order valence-corrected chi connectivity index (χ1v) is 7.50. The second-order valence-electron chi connectivity index (χ2n) is 5.22. The number of pyridine rings is 2. The van der Waals surface area contributed by atoms with E-state index in [1.54, 1.807) is 24.4 Å². The molecule has 0 saturated heterocycles. The van der Waals surface area contributed by atoms with Gasteiger partial charge in [0.25, 0.3) is 0 Å². The lowest BCUT2D eigenvalue weighted by Gasteiger charge is -2.11. The number of hydrogen-bond donors (Lipinski definition) is 1. The molecule has 6 heteroatoms. The van der Waals surface area contributed by atoms with E-state index in [0.29, 0.717) is 5.75 Å². The smallest absolute Gasteiger partial charge is 0.501 e. The number of fused-ring (bicyclic) bond motifs is 3. The molecule has 0 bridgehead atoms. The van der Waals surface area contributed by atoms with Gasteiger partial charge in [-0.1, -0.05) is 36.4 Å². The van der Waals surface area contributed by atoms with Crippen LogP contribution in [0.15, 0.2) is 72.9 Å². The zero-order chi connectivity index (χ0) is 16.4. The van der Waals surface area contributed by atoms with Gasteiger partial charge in [-0.25, -0.2) is 4.98 Å². The van der Waals surface area contributed by atoms with Crippen molar-refractivity contribution in [3.05, 3.63) is 72.9 Å². The molecule has 0 spiro atoms. The lowest BCUT2D eigenvalue weighted by Crippen LogP contribution is -2.29. The fraction of sp³-hybridized carbons (Fsp3) is 0. The molecule has 0 radical (unpaired) electrons. The van der Waals surface area contributed by atoms with Crippen LogP contribution < -0.4 is 9.31 Å². The van der Waals surface area contributed by atoms with E-state index >= 15 is 0 Å². The van der Waals surface area contributed by atoms with Crippen LogP contribution in [0.1, 0.15) is 0 Å². The minimum absolute atomic E-state index is 0.268. The molecule has 0 fully saturated rings. The summed E-state index contributed by atoms with van der Waals surface area (Å²) in [4.78, 5) is 8.85. The molecule has 2 aromatic carbocycles. The Hall–Kier alpha value is -3.12. The molecule has 0 saturated carbocycles. The number of benzene rings is 2. The maximum Gasteiger partial charge on any atom is 0.786 e. The summed E-state index contributed by atoms with van der Waals surface area (Å²) in [5, 5.41) is 11.9. The van der Waals surface area contributed by atoms with Gasteiger partial charge >= 0.3 is 7.32 Å². The number of rotatable bonds is 4. The van der Waals surface area contributed by atoms with Gasteiger partial charge in [-0.05, 0) is 30.3 Å². The van der Waals surface area contributed by atoms with Crippen molar-refractivity contribution >= 4 is 29.1 Å². The quantitative estimate of drug-likeness (QED) is 0.462. The van der Waals surface area contributed by atoms with Gasteiger partial charge in [0.1, 0.15) is 11.3 Å². The van der Waals surface area contributed by atoms with Crippen molar-refractivity contribution in [2.45, 2.75) is 0 Å². The molecule has 24 heavy (non-hydrogen) atoms. The zero-order valence-corrected chi connectivity index (χ0v) is 12.7. The molecule has 2 heterocycles. The number of hydrogen-bond acceptors (Lipinski definition) is 5. The first-order chi connectivity index (χ1) is 11.8. The van der Waals surface area contributed by atoms with Crippen molar-refractivity contribution in [2.24, 2.45) is 0 Å². The highest BCUT2D eigenvalue weighted by atomic mass is 16.7. The lowest BCUT2D eigenvalue weighted by atomic mass is 10.1. The van der Waals surface area contributed by atoms with E-state index in [9.17, 15) is 5.02 Å². The van der Waals surface area contributed by atoms with Crippen molar-refractivity contribution in [3.8, 4) is 11.6 Å². The summed E-state index contributed by atoms with van der Waals surface area (Å²) in [6, 6.07) is 20.4. The lowest BCUT2D eigenvalue weighted by molar-refractivity contribution is 0.293. The zero-order valence-electron chi connectivity index (χ0n) is 12.7. The van der Waals surface area contributed by atoms with E-state index in [1.807, 2.05) is 48.5 Å². The second kappa shape index (κ2) is 6.18. The van der Waals surface area contributed by atoms with E-state index in [2.05, 4.69) is 9.97 Å². The van der Waals surface area contributed by atoms with Crippen molar-refractivity contribution < 1.29 is 14.3 Å². The summed E-state index contributed by atoms with van der Waals surface area (Å²) in [6.45, 7) is 0. The summed E-state index contributed by atoms with van der Waals surface area (Å²) in [6.07, 6.45) is 1.73. The van der Waals surface area contributed by atoms with Gasteiger partial charge in [0.05, 0.1) is 5.52 Å². The average molecular weight is 316 g/mol. The monoisotopic (exact) mass is 316 g/mol. The van der Waals surface area contributed by atoms with Crippen molar-refractivity contribution in [1.82, 2.24) is 9.97 Å². The maximum atomic E-state index is 9.94. The van der Waals surface area contributed by atoms with Gasteiger partial charge in [0.2, 0.25) is 0 Å². The van der Waals surface area contributed by atoms with Gasteiger partial charge in [0.15, 0.2) is 5.88 Å². The molecule has 0 amide bonds. The highest BCUT2D eigenvalue weighted by Crippen LogP contribution is 2.24. The van der Waals surface area contributed by atoms with E-state index in [0.717, 1.165) is 21.8 Å². The molecule has 1 N–H and O–H groups in total. The molecule has 4 rings (SSSR count). The van der Waals surface area contributed by atoms with E-state index < -0.39 is 7.32 Å². The molecule has 0 atom stereocenters. The van der Waals surface area contributed by atoms with Crippen LogP contribution in [0, 0.1) is 0 Å². The molecule has 0 unspecified atom stereocenters. The first kappa shape index (κ1) is 14.5. The van der Waals surface area contributed by atoms with Gasteiger partial charge in [0, 0.05) is 17.0 Å². The Labute approximate surface area is 138 Å². The largest absolute Gasteiger partial charge is 0.786 e. The summed E-state index contributed by atoms with van der Waals surface area (Å²) in [7, 11) is -1.44. The van der Waals surface area contributed by atoms with Gasteiger partial charge in [-0.2, -0.15) is 0 Å². The first-order valence-electron chi connectivity index (χ1n) is 7.50. The third kappa shape index (κ3) is 2.87. The SMILES string of the molecule is OB(Oc1ccccc1)Oc1ccc2ccc3cccnc3c2n1. The Morgan fingerprint density at radius 2 is 1.50 bits per heavy atom. The number of para-hydroxylation sites is 1. The van der Waals surface area contributed by atoms with Crippen LogP contribution in [-0.4, -0.2) is 22.3 Å². The molecule has 5 nitrogen and oxygen atoms in total. The van der Waals surface area contributed by atoms with Gasteiger partial charge in [-0.15, -0.1) is 0 Å². The fourth-order valence-electron chi connectivity index (χ4n) is 2.51. The third-order valence-electron chi connectivity index (χ3n) is 3.61. The van der Waals surface area contributed by atoms with Crippen LogP contribution in [0.3, 0.4) is 0 Å². The molecule has 116 valence electrons. The van der Waals surface area contributed by atoms with E-state index in [1.165, 1.54) is 0 Å². The van der Waals surface area contributed by atoms with E-state index in [4.69, 9.17) is 9.31 Å². The molecule has 0 aliphatic heterocycles. The van der Waals surface area contributed by atoms with Gasteiger partial charge < -0.3 is 14.3 Å². The van der Waals surface area contributed by atoms with E-state index in [-0.39, 0.29) is 5.88 Å². The van der Waals surface area contributed by atoms with Crippen LogP contribution in [0.25, 0.3) is 21.8 Å². The Balaban J connectivity index is 1.63. The normalized spacial score (nSPS) is 10.7. The van der Waals surface area contributed by atoms with Crippen LogP contribution in [0.2, 0.25) is 0 Å². The highest BCUT2D eigenvalue weighted by Gasteiger charge is 2.22. The van der Waals surface area contributed by atoms with Crippen molar-refractivity contribution in [1.29, 1.82) is 0 Å². The minimum Gasteiger partial charge on any atom is -0.501 e. The van der Waals surface area contributed by atoms with Crippen molar-refractivity contribution in [2.75, 3.05) is 0 Å². The van der Waals surface area contributed by atoms with Gasteiger partial charge in [-0.3, -0.25) is 4.98 Å². The molecule has 4 aromatic rings. The average Bonchev–Trinajstić information content (AvgIpc) is 2.62. The molecule has 2 aromatic heterocycles. The Kier molecular flexibility index (Phi) is 3.73. The Morgan fingerprint density at radius 1 is 0.750 bits per heavy atom. The number of nitrogens with zero attached hydrogens (tertiary/aromatic N) is 2. The summed E-state index contributed by atoms with van der Waals surface area (Å²) < 4.78 is 10.7. The number of aromatic nitrogens is 2. The summed E-state index contributed by atoms with van der Waals surface area (Å²) in [5.41, 5.74) is 1.51. The highest BCUT2D eigenvalue weighted by molar-refractivity contribution is 6.36. The minimum atomic E-state index is -1.44. The predicted octanol–water partition coefficient (Wildman–Crippen LogP) is 3.22. The predicted molar refractivity (Wildman–Crippen MR) is 92.7 cm³/mol. The molecular formula is C18H13BN2O3. The maximum absolute atomic E-state index is 9.94. The molecular weight excluding hydrogens is 303 g/mol. The van der Waals surface area contributed by atoms with Crippen LogP contribution >= 0.6 is 0 Å². The standard InChI is InChI=1S/C18H13BN2O3/c22-19(23-15-6-2-1-3-7-15)24-16-11-10-14-9-8-13-5-4-12-20-17(13)18(14)21-16/h1-12,22H. The van der Waals surface area contributed by atoms with Crippen LogP contribution in [0.5, 0.6) is 11.6 Å². The topological polar surface area (TPSA) is 64.5 Å². The fourth-order valence-corrected chi connectivity index (χ4v) is 2.51. The summed E-state index contributed by atoms with van der Waals surface area (Å²) >= 11 is 0. The Morgan fingerprint density at radius 3 is 2.33 bits per heavy atom. The summed E-state index contributed by atoms with van der Waals surface area (Å²) in [5.74, 6) is 0.780. The molecule has 0 aliphatic carbocycles. The molecule has 0 aliphatic rings. The Bertz CT molecular complexity index is 995. The van der Waals surface area contributed by atoms with Crippen LogP contribution in [0.4, 0.5) is 0 Å². The second-order valence-corrected chi connectivity index (χ2v) is 5.22.